The van der Waals surface area contributed by atoms with Gasteiger partial charge < -0.3 is 10.6 Å². The molecule has 18 heavy (non-hydrogen) atoms. The average Bonchev–Trinajstić information content (AvgIpc) is 2.31. The van der Waals surface area contributed by atoms with E-state index in [0.29, 0.717) is 11.4 Å². The van der Waals surface area contributed by atoms with Crippen molar-refractivity contribution >= 4 is 27.7 Å². The summed E-state index contributed by atoms with van der Waals surface area (Å²) in [7, 11) is 0. The second kappa shape index (κ2) is 6.18. The summed E-state index contributed by atoms with van der Waals surface area (Å²) in [6.45, 7) is 8.75. The van der Waals surface area contributed by atoms with E-state index in [9.17, 15) is 4.79 Å². The number of rotatable bonds is 5. The Morgan fingerprint density at radius 1 is 1.44 bits per heavy atom. The van der Waals surface area contributed by atoms with Crippen LogP contribution in [0.1, 0.15) is 44.5 Å². The van der Waals surface area contributed by atoms with Crippen LogP contribution < -0.4 is 10.6 Å². The molecule has 100 valence electrons. The van der Waals surface area contributed by atoms with Gasteiger partial charge in [0.25, 0.3) is 5.91 Å². The number of aromatic nitrogens is 1. The molecule has 1 aromatic heterocycles. The third kappa shape index (κ3) is 3.98. The lowest BCUT2D eigenvalue weighted by Gasteiger charge is -2.25. The van der Waals surface area contributed by atoms with Crippen LogP contribution in [0.4, 0.5) is 5.82 Å². The minimum absolute atomic E-state index is 0.105. The molecule has 0 saturated carbocycles. The van der Waals surface area contributed by atoms with E-state index in [1.165, 1.54) is 0 Å². The maximum absolute atomic E-state index is 12.3. The highest BCUT2D eigenvalue weighted by molar-refractivity contribution is 9.10. The van der Waals surface area contributed by atoms with Gasteiger partial charge in [-0.15, -0.1) is 0 Å². The standard InChI is InChI=1S/C13H20BrN3O/c1-5-13(3,4)17-12(18)10-7-9(14)8-16-11(10)15-6-2/h7-8H,5-6H2,1-4H3,(H,15,16)(H,17,18). The summed E-state index contributed by atoms with van der Waals surface area (Å²) in [5, 5.41) is 6.10. The molecule has 4 nitrogen and oxygen atoms in total. The van der Waals surface area contributed by atoms with Crippen molar-refractivity contribution in [1.82, 2.24) is 10.3 Å². The van der Waals surface area contributed by atoms with Gasteiger partial charge >= 0.3 is 0 Å². The molecule has 0 unspecified atom stereocenters. The molecule has 0 aliphatic carbocycles. The third-order valence-electron chi connectivity index (χ3n) is 2.78. The second-order valence-corrected chi connectivity index (χ2v) is 5.69. The van der Waals surface area contributed by atoms with Gasteiger partial charge in [0.2, 0.25) is 0 Å². The largest absolute Gasteiger partial charge is 0.370 e. The maximum atomic E-state index is 12.3. The smallest absolute Gasteiger partial charge is 0.255 e. The Hall–Kier alpha value is -1.10. The van der Waals surface area contributed by atoms with Gasteiger partial charge in [0.15, 0.2) is 0 Å². The van der Waals surface area contributed by atoms with Gasteiger partial charge in [0.1, 0.15) is 5.82 Å². The van der Waals surface area contributed by atoms with Crippen molar-refractivity contribution < 1.29 is 4.79 Å². The molecule has 0 bridgehead atoms. The number of hydrogen-bond acceptors (Lipinski definition) is 3. The summed E-state index contributed by atoms with van der Waals surface area (Å²) < 4.78 is 0.795. The first kappa shape index (κ1) is 15.0. The van der Waals surface area contributed by atoms with Crippen molar-refractivity contribution in [2.75, 3.05) is 11.9 Å². The minimum Gasteiger partial charge on any atom is -0.370 e. The van der Waals surface area contributed by atoms with E-state index in [1.54, 1.807) is 12.3 Å². The SMILES string of the molecule is CCNc1ncc(Br)cc1C(=O)NC(C)(C)CC. The van der Waals surface area contributed by atoms with Crippen LogP contribution in [0.5, 0.6) is 0 Å². The topological polar surface area (TPSA) is 54.0 Å². The summed E-state index contributed by atoms with van der Waals surface area (Å²) in [4.78, 5) is 16.5. The van der Waals surface area contributed by atoms with Crippen LogP contribution in [-0.2, 0) is 0 Å². The number of carbonyl (C=O) groups excluding carboxylic acids is 1. The van der Waals surface area contributed by atoms with Gasteiger partial charge in [-0.3, -0.25) is 4.79 Å². The number of hydrogen-bond donors (Lipinski definition) is 2. The van der Waals surface area contributed by atoms with E-state index in [4.69, 9.17) is 0 Å². The van der Waals surface area contributed by atoms with Crippen molar-refractivity contribution in [2.45, 2.75) is 39.7 Å². The predicted octanol–water partition coefficient (Wildman–Crippen LogP) is 3.19. The first-order valence-electron chi connectivity index (χ1n) is 6.11. The first-order chi connectivity index (χ1) is 8.39. The maximum Gasteiger partial charge on any atom is 0.255 e. The lowest BCUT2D eigenvalue weighted by molar-refractivity contribution is 0.0911. The number of nitrogens with zero attached hydrogens (tertiary/aromatic N) is 1. The molecular weight excluding hydrogens is 294 g/mol. The quantitative estimate of drug-likeness (QED) is 0.877. The molecule has 2 N–H and O–H groups in total. The highest BCUT2D eigenvalue weighted by Gasteiger charge is 2.21. The molecule has 1 heterocycles. The van der Waals surface area contributed by atoms with E-state index in [-0.39, 0.29) is 11.4 Å². The Morgan fingerprint density at radius 2 is 2.11 bits per heavy atom. The zero-order chi connectivity index (χ0) is 13.8. The van der Waals surface area contributed by atoms with Crippen molar-refractivity contribution in [1.29, 1.82) is 0 Å². The van der Waals surface area contributed by atoms with Crippen LogP contribution >= 0.6 is 15.9 Å². The number of amides is 1. The number of pyridine rings is 1. The number of nitrogens with one attached hydrogen (secondary N) is 2. The van der Waals surface area contributed by atoms with E-state index in [2.05, 4.69) is 31.5 Å². The van der Waals surface area contributed by atoms with Crippen LogP contribution in [0.2, 0.25) is 0 Å². The Kier molecular flexibility index (Phi) is 5.14. The van der Waals surface area contributed by atoms with Crippen LogP contribution in [-0.4, -0.2) is 23.0 Å². The minimum atomic E-state index is -0.219. The lowest BCUT2D eigenvalue weighted by atomic mass is 10.0. The first-order valence-corrected chi connectivity index (χ1v) is 6.91. The molecule has 0 spiro atoms. The van der Waals surface area contributed by atoms with E-state index >= 15 is 0 Å². The zero-order valence-corrected chi connectivity index (χ0v) is 12.9. The number of carbonyl (C=O) groups is 1. The van der Waals surface area contributed by atoms with E-state index in [0.717, 1.165) is 17.4 Å². The molecule has 1 aromatic rings. The van der Waals surface area contributed by atoms with Gasteiger partial charge in [-0.2, -0.15) is 0 Å². The van der Waals surface area contributed by atoms with Crippen molar-refractivity contribution in [3.05, 3.63) is 22.3 Å². The van der Waals surface area contributed by atoms with Crippen molar-refractivity contribution in [2.24, 2.45) is 0 Å². The fourth-order valence-electron chi connectivity index (χ4n) is 1.38. The van der Waals surface area contributed by atoms with Gasteiger partial charge in [-0.05, 0) is 49.2 Å². The predicted molar refractivity (Wildman–Crippen MR) is 77.9 cm³/mol. The van der Waals surface area contributed by atoms with E-state index < -0.39 is 0 Å². The Morgan fingerprint density at radius 3 is 2.67 bits per heavy atom. The molecule has 1 rings (SSSR count). The highest BCUT2D eigenvalue weighted by atomic mass is 79.9. The van der Waals surface area contributed by atoms with Gasteiger partial charge in [0, 0.05) is 22.8 Å². The molecule has 0 atom stereocenters. The molecule has 0 saturated heterocycles. The van der Waals surface area contributed by atoms with Gasteiger partial charge in [-0.1, -0.05) is 6.92 Å². The zero-order valence-electron chi connectivity index (χ0n) is 11.3. The monoisotopic (exact) mass is 313 g/mol. The Bertz CT molecular complexity index is 432. The molecule has 1 amide bonds. The molecule has 5 heteroatoms. The van der Waals surface area contributed by atoms with Gasteiger partial charge in [0.05, 0.1) is 5.56 Å². The van der Waals surface area contributed by atoms with Crippen LogP contribution in [0.15, 0.2) is 16.7 Å². The summed E-state index contributed by atoms with van der Waals surface area (Å²) in [5.74, 6) is 0.511. The van der Waals surface area contributed by atoms with Crippen LogP contribution in [0.25, 0.3) is 0 Å². The Balaban J connectivity index is 3.00. The number of halogens is 1. The number of anilines is 1. The highest BCUT2D eigenvalue weighted by Crippen LogP contribution is 2.19. The molecule has 0 fully saturated rings. The third-order valence-corrected chi connectivity index (χ3v) is 3.21. The summed E-state index contributed by atoms with van der Waals surface area (Å²) in [6.07, 6.45) is 2.55. The van der Waals surface area contributed by atoms with E-state index in [1.807, 2.05) is 27.7 Å². The average molecular weight is 314 g/mol. The van der Waals surface area contributed by atoms with Crippen molar-refractivity contribution in [3.63, 3.8) is 0 Å². The lowest BCUT2D eigenvalue weighted by Crippen LogP contribution is -2.43. The molecule has 0 aliphatic rings. The molecule has 0 radical (unpaired) electrons. The fraction of sp³-hybridized carbons (Fsp3) is 0.538. The summed E-state index contributed by atoms with van der Waals surface area (Å²) >= 11 is 3.34. The van der Waals surface area contributed by atoms with Crippen molar-refractivity contribution in [3.8, 4) is 0 Å². The van der Waals surface area contributed by atoms with Gasteiger partial charge in [-0.25, -0.2) is 4.98 Å². The normalized spacial score (nSPS) is 11.2. The summed E-state index contributed by atoms with van der Waals surface area (Å²) in [6, 6.07) is 1.78. The molecule has 0 aromatic carbocycles. The fourth-order valence-corrected chi connectivity index (χ4v) is 1.72. The second-order valence-electron chi connectivity index (χ2n) is 4.77. The molecular formula is C13H20BrN3O. The Labute approximate surface area is 117 Å². The van der Waals surface area contributed by atoms with Crippen LogP contribution in [0.3, 0.4) is 0 Å². The molecule has 0 aliphatic heterocycles. The summed E-state index contributed by atoms with van der Waals surface area (Å²) in [5.41, 5.74) is 0.343. The van der Waals surface area contributed by atoms with Crippen LogP contribution in [0, 0.1) is 0 Å².